The van der Waals surface area contributed by atoms with Gasteiger partial charge in [0.1, 0.15) is 0 Å². The van der Waals surface area contributed by atoms with Crippen molar-refractivity contribution in [2.24, 2.45) is 11.8 Å². The Bertz CT molecular complexity index is 608. The topological polar surface area (TPSA) is 23.6 Å². The highest BCUT2D eigenvalue weighted by Crippen LogP contribution is 2.34. The third-order valence-electron chi connectivity index (χ3n) is 5.97. The van der Waals surface area contributed by atoms with Gasteiger partial charge in [-0.05, 0) is 48.8 Å². The molecule has 0 aromatic heterocycles. The van der Waals surface area contributed by atoms with E-state index in [-0.39, 0.29) is 6.04 Å². The van der Waals surface area contributed by atoms with Gasteiger partial charge in [-0.15, -0.1) is 0 Å². The molecule has 0 bridgehead atoms. The first-order valence-electron chi connectivity index (χ1n) is 9.01. The van der Waals surface area contributed by atoms with Gasteiger partial charge in [0, 0.05) is 19.6 Å². The van der Waals surface area contributed by atoms with Crippen LogP contribution in [0.25, 0.3) is 0 Å². The highest BCUT2D eigenvalue weighted by molar-refractivity contribution is 5.83. The second-order valence-electron chi connectivity index (χ2n) is 7.26. The van der Waals surface area contributed by atoms with Crippen LogP contribution in [0.1, 0.15) is 30.9 Å². The van der Waals surface area contributed by atoms with Gasteiger partial charge in [0.05, 0.1) is 6.04 Å². The molecule has 3 aliphatic rings. The van der Waals surface area contributed by atoms with Gasteiger partial charge in [-0.3, -0.25) is 9.69 Å². The maximum atomic E-state index is 13.2. The summed E-state index contributed by atoms with van der Waals surface area (Å²) in [5.74, 6) is 1.74. The molecule has 1 aromatic carbocycles. The standard InChI is InChI=1S/C20H26N2O/c1-2-21-12-16-8-4-3-7-15(16)11-19(21)20(23)22-13-17-9-5-6-10-18(17)14-22/h3-8,17-19H,2,9-14H2,1H3/t17-,18+,19?. The Morgan fingerprint density at radius 2 is 1.74 bits per heavy atom. The second-order valence-corrected chi connectivity index (χ2v) is 7.26. The van der Waals surface area contributed by atoms with E-state index < -0.39 is 0 Å². The smallest absolute Gasteiger partial charge is 0.240 e. The van der Waals surface area contributed by atoms with Crippen LogP contribution in [0.15, 0.2) is 36.4 Å². The molecule has 122 valence electrons. The van der Waals surface area contributed by atoms with Crippen LogP contribution in [0.2, 0.25) is 0 Å². The number of nitrogens with zero attached hydrogens (tertiary/aromatic N) is 2. The molecule has 2 aliphatic heterocycles. The van der Waals surface area contributed by atoms with Gasteiger partial charge < -0.3 is 4.90 Å². The molecule has 1 aromatic rings. The van der Waals surface area contributed by atoms with E-state index in [9.17, 15) is 4.79 Å². The molecule has 1 aliphatic carbocycles. The van der Waals surface area contributed by atoms with E-state index in [1.807, 2.05) is 0 Å². The van der Waals surface area contributed by atoms with Crippen molar-refractivity contribution in [3.05, 3.63) is 47.5 Å². The Morgan fingerprint density at radius 3 is 2.39 bits per heavy atom. The van der Waals surface area contributed by atoms with Crippen LogP contribution in [0.5, 0.6) is 0 Å². The molecule has 0 spiro atoms. The fourth-order valence-electron chi connectivity index (χ4n) is 4.56. The lowest BCUT2D eigenvalue weighted by Gasteiger charge is -2.37. The Morgan fingerprint density at radius 1 is 1.09 bits per heavy atom. The van der Waals surface area contributed by atoms with E-state index in [0.29, 0.717) is 17.7 Å². The molecule has 4 rings (SSSR count). The van der Waals surface area contributed by atoms with Crippen LogP contribution in [-0.2, 0) is 17.8 Å². The lowest BCUT2D eigenvalue weighted by molar-refractivity contribution is -0.136. The molecule has 1 fully saturated rings. The third kappa shape index (κ3) is 2.72. The zero-order valence-electron chi connectivity index (χ0n) is 13.9. The van der Waals surface area contributed by atoms with Gasteiger partial charge in [-0.25, -0.2) is 0 Å². The first kappa shape index (κ1) is 14.9. The number of carbonyl (C=O) groups excluding carboxylic acids is 1. The summed E-state index contributed by atoms with van der Waals surface area (Å²) in [6.45, 7) is 5.94. The number of fused-ring (bicyclic) bond motifs is 2. The SMILES string of the molecule is CCN1Cc2ccccc2CC1C(=O)N1C[C@H]2CC=CC[C@H]2C1. The summed E-state index contributed by atoms with van der Waals surface area (Å²) >= 11 is 0. The van der Waals surface area contributed by atoms with Gasteiger partial charge in [0.25, 0.3) is 0 Å². The molecule has 3 heteroatoms. The van der Waals surface area contributed by atoms with E-state index >= 15 is 0 Å². The number of likely N-dealkylation sites (tertiary alicyclic amines) is 1. The van der Waals surface area contributed by atoms with E-state index in [1.54, 1.807) is 0 Å². The van der Waals surface area contributed by atoms with Crippen molar-refractivity contribution >= 4 is 5.91 Å². The first-order valence-corrected chi connectivity index (χ1v) is 9.01. The number of carbonyl (C=O) groups is 1. The molecule has 1 amide bonds. The van der Waals surface area contributed by atoms with Crippen molar-refractivity contribution < 1.29 is 4.79 Å². The summed E-state index contributed by atoms with van der Waals surface area (Å²) < 4.78 is 0. The molecule has 23 heavy (non-hydrogen) atoms. The average molecular weight is 310 g/mol. The quantitative estimate of drug-likeness (QED) is 0.784. The Balaban J connectivity index is 1.51. The molecule has 0 radical (unpaired) electrons. The van der Waals surface area contributed by atoms with Gasteiger partial charge >= 0.3 is 0 Å². The number of likely N-dealkylation sites (N-methyl/N-ethyl adjacent to an activating group) is 1. The van der Waals surface area contributed by atoms with Crippen molar-refractivity contribution in [2.75, 3.05) is 19.6 Å². The van der Waals surface area contributed by atoms with E-state index in [0.717, 1.165) is 45.4 Å². The summed E-state index contributed by atoms with van der Waals surface area (Å²) in [6.07, 6.45) is 7.76. The van der Waals surface area contributed by atoms with Crippen LogP contribution in [0, 0.1) is 11.8 Å². The summed E-state index contributed by atoms with van der Waals surface area (Å²) in [6, 6.07) is 8.62. The molecule has 3 atom stereocenters. The monoisotopic (exact) mass is 310 g/mol. The van der Waals surface area contributed by atoms with Crippen LogP contribution in [0.4, 0.5) is 0 Å². The first-order chi connectivity index (χ1) is 11.3. The predicted molar refractivity (Wildman–Crippen MR) is 92.0 cm³/mol. The number of hydrogen-bond donors (Lipinski definition) is 0. The van der Waals surface area contributed by atoms with Crippen molar-refractivity contribution in [3.8, 4) is 0 Å². The molecule has 1 unspecified atom stereocenters. The molecule has 1 saturated heterocycles. The summed E-state index contributed by atoms with van der Waals surface area (Å²) in [7, 11) is 0. The highest BCUT2D eigenvalue weighted by atomic mass is 16.2. The maximum Gasteiger partial charge on any atom is 0.240 e. The van der Waals surface area contributed by atoms with E-state index in [4.69, 9.17) is 0 Å². The third-order valence-corrected chi connectivity index (χ3v) is 5.97. The Hall–Kier alpha value is -1.61. The van der Waals surface area contributed by atoms with Crippen LogP contribution >= 0.6 is 0 Å². The van der Waals surface area contributed by atoms with Crippen molar-refractivity contribution in [1.82, 2.24) is 9.80 Å². The summed E-state index contributed by atoms with van der Waals surface area (Å²) in [4.78, 5) is 17.7. The molecule has 3 nitrogen and oxygen atoms in total. The minimum absolute atomic E-state index is 0.0306. The number of rotatable bonds is 2. The lowest BCUT2D eigenvalue weighted by Crippen LogP contribution is -2.51. The number of amides is 1. The predicted octanol–water partition coefficient (Wildman–Crippen LogP) is 2.86. The fraction of sp³-hybridized carbons (Fsp3) is 0.550. The number of hydrogen-bond acceptors (Lipinski definition) is 2. The molecular weight excluding hydrogens is 284 g/mol. The Kier molecular flexibility index (Phi) is 3.98. The van der Waals surface area contributed by atoms with Gasteiger partial charge in [-0.2, -0.15) is 0 Å². The lowest BCUT2D eigenvalue weighted by atomic mass is 9.86. The second kappa shape index (κ2) is 6.12. The number of benzene rings is 1. The highest BCUT2D eigenvalue weighted by Gasteiger charge is 2.39. The minimum atomic E-state index is 0.0306. The van der Waals surface area contributed by atoms with Crippen LogP contribution in [0.3, 0.4) is 0 Å². The Labute approximate surface area is 139 Å². The number of allylic oxidation sites excluding steroid dienone is 2. The van der Waals surface area contributed by atoms with Crippen LogP contribution < -0.4 is 0 Å². The molecule has 0 saturated carbocycles. The average Bonchev–Trinajstić information content (AvgIpc) is 3.04. The van der Waals surface area contributed by atoms with Crippen molar-refractivity contribution in [2.45, 2.75) is 38.8 Å². The van der Waals surface area contributed by atoms with Crippen molar-refractivity contribution in [1.29, 1.82) is 0 Å². The van der Waals surface area contributed by atoms with Crippen molar-refractivity contribution in [3.63, 3.8) is 0 Å². The zero-order chi connectivity index (χ0) is 15.8. The minimum Gasteiger partial charge on any atom is -0.341 e. The van der Waals surface area contributed by atoms with Crippen LogP contribution in [-0.4, -0.2) is 41.4 Å². The molecule has 0 N–H and O–H groups in total. The normalized spacial score (nSPS) is 30.1. The van der Waals surface area contributed by atoms with E-state index in [2.05, 4.69) is 53.1 Å². The van der Waals surface area contributed by atoms with Gasteiger partial charge in [0.2, 0.25) is 5.91 Å². The largest absolute Gasteiger partial charge is 0.341 e. The van der Waals surface area contributed by atoms with Gasteiger partial charge in [0.15, 0.2) is 0 Å². The fourth-order valence-corrected chi connectivity index (χ4v) is 4.56. The summed E-state index contributed by atoms with van der Waals surface area (Å²) in [5.41, 5.74) is 2.74. The maximum absolute atomic E-state index is 13.2. The van der Waals surface area contributed by atoms with Gasteiger partial charge in [-0.1, -0.05) is 43.3 Å². The van der Waals surface area contributed by atoms with E-state index in [1.165, 1.54) is 11.1 Å². The zero-order valence-corrected chi connectivity index (χ0v) is 13.9. The summed E-state index contributed by atoms with van der Waals surface area (Å²) in [5, 5.41) is 0. The molecular formula is C20H26N2O. The molecule has 2 heterocycles.